The summed E-state index contributed by atoms with van der Waals surface area (Å²) < 4.78 is 7.70. The highest BCUT2D eigenvalue weighted by atomic mass is 16.4. The third-order valence-corrected chi connectivity index (χ3v) is 5.85. The van der Waals surface area contributed by atoms with Crippen molar-refractivity contribution in [2.75, 3.05) is 31.1 Å². The number of allylic oxidation sites excluding steroid dienone is 1. The Morgan fingerprint density at radius 2 is 2.03 bits per heavy atom. The maximum absolute atomic E-state index is 12.9. The molecule has 158 valence electrons. The molecule has 0 radical (unpaired) electrons. The van der Waals surface area contributed by atoms with Crippen LogP contribution in [0.3, 0.4) is 0 Å². The first-order valence-electron chi connectivity index (χ1n) is 10.7. The summed E-state index contributed by atoms with van der Waals surface area (Å²) in [6, 6.07) is 10.0. The van der Waals surface area contributed by atoms with E-state index in [0.717, 1.165) is 66.0 Å². The molecule has 0 saturated carbocycles. The second-order valence-electron chi connectivity index (χ2n) is 8.33. The molecule has 4 aromatic rings. The van der Waals surface area contributed by atoms with Crippen molar-refractivity contribution in [1.82, 2.24) is 14.7 Å². The average Bonchev–Trinajstić information content (AvgIpc) is 2.97. The smallest absolute Gasteiger partial charge is 0.345 e. The molecule has 4 heterocycles. The summed E-state index contributed by atoms with van der Waals surface area (Å²) in [5.74, 6) is 0. The first kappa shape index (κ1) is 19.6. The first-order chi connectivity index (χ1) is 15.0. The van der Waals surface area contributed by atoms with Crippen molar-refractivity contribution >= 4 is 27.9 Å². The molecular formula is C25H26N4O2. The number of nitrogens with one attached hydrogen (secondary N) is 1. The van der Waals surface area contributed by atoms with Gasteiger partial charge in [-0.05, 0) is 62.2 Å². The Morgan fingerprint density at radius 3 is 2.87 bits per heavy atom. The standard InChI is InChI=1S/C25H26N4O2/c1-16(2)20-11-17(3)14-29-15-22(27-24(20)29)21-12-18-5-6-19(13-23(18)31-25(21)30)28-9-4-7-26-8-10-28/h5-6,11-15,26H,1,4,7-10H2,2-3H3. The van der Waals surface area contributed by atoms with E-state index >= 15 is 0 Å². The molecule has 0 amide bonds. The Bertz CT molecular complexity index is 1360. The highest BCUT2D eigenvalue weighted by Gasteiger charge is 2.16. The Balaban J connectivity index is 1.58. The summed E-state index contributed by atoms with van der Waals surface area (Å²) in [6.07, 6.45) is 4.98. The minimum absolute atomic E-state index is 0.376. The molecule has 3 aromatic heterocycles. The Hall–Kier alpha value is -3.38. The zero-order valence-electron chi connectivity index (χ0n) is 17.9. The number of pyridine rings is 1. The van der Waals surface area contributed by atoms with Gasteiger partial charge in [-0.1, -0.05) is 6.58 Å². The number of aryl methyl sites for hydroxylation is 1. The van der Waals surface area contributed by atoms with Gasteiger partial charge in [0.25, 0.3) is 0 Å². The molecule has 0 bridgehead atoms. The number of imidazole rings is 1. The van der Waals surface area contributed by atoms with Gasteiger partial charge in [-0.25, -0.2) is 9.78 Å². The van der Waals surface area contributed by atoms with Crippen LogP contribution in [0.2, 0.25) is 0 Å². The van der Waals surface area contributed by atoms with Crippen LogP contribution in [-0.4, -0.2) is 35.6 Å². The van der Waals surface area contributed by atoms with E-state index in [2.05, 4.69) is 28.9 Å². The van der Waals surface area contributed by atoms with Crippen molar-refractivity contribution in [3.05, 3.63) is 70.9 Å². The number of benzene rings is 1. The van der Waals surface area contributed by atoms with E-state index in [1.54, 1.807) is 0 Å². The number of hydrogen-bond acceptors (Lipinski definition) is 5. The number of aromatic nitrogens is 2. The van der Waals surface area contributed by atoms with Gasteiger partial charge in [-0.3, -0.25) is 0 Å². The summed E-state index contributed by atoms with van der Waals surface area (Å²) in [6.45, 7) is 12.0. The summed E-state index contributed by atoms with van der Waals surface area (Å²) >= 11 is 0. The van der Waals surface area contributed by atoms with Gasteiger partial charge in [0.05, 0.1) is 11.3 Å². The van der Waals surface area contributed by atoms with Crippen LogP contribution < -0.4 is 15.8 Å². The van der Waals surface area contributed by atoms with Crippen molar-refractivity contribution in [1.29, 1.82) is 0 Å². The lowest BCUT2D eigenvalue weighted by Gasteiger charge is -2.22. The normalized spacial score (nSPS) is 14.8. The van der Waals surface area contributed by atoms with Crippen molar-refractivity contribution < 1.29 is 4.42 Å². The number of nitrogens with zero attached hydrogens (tertiary/aromatic N) is 3. The monoisotopic (exact) mass is 414 g/mol. The number of anilines is 1. The van der Waals surface area contributed by atoms with Gasteiger partial charge < -0.3 is 19.0 Å². The quantitative estimate of drug-likeness (QED) is 0.508. The third kappa shape index (κ3) is 3.64. The summed E-state index contributed by atoms with van der Waals surface area (Å²) in [5.41, 5.74) is 6.19. The van der Waals surface area contributed by atoms with Gasteiger partial charge in [0.15, 0.2) is 0 Å². The summed E-state index contributed by atoms with van der Waals surface area (Å²) in [4.78, 5) is 20.0. The minimum Gasteiger partial charge on any atom is -0.422 e. The fraction of sp³-hybridized carbons (Fsp3) is 0.280. The molecule has 1 aromatic carbocycles. The van der Waals surface area contributed by atoms with E-state index in [1.165, 1.54) is 0 Å². The molecule has 0 aliphatic carbocycles. The van der Waals surface area contributed by atoms with Gasteiger partial charge in [-0.2, -0.15) is 0 Å². The van der Waals surface area contributed by atoms with Crippen LogP contribution in [0.5, 0.6) is 0 Å². The van der Waals surface area contributed by atoms with Crippen molar-refractivity contribution in [2.24, 2.45) is 0 Å². The van der Waals surface area contributed by atoms with E-state index in [4.69, 9.17) is 9.40 Å². The van der Waals surface area contributed by atoms with Gasteiger partial charge >= 0.3 is 5.63 Å². The molecule has 31 heavy (non-hydrogen) atoms. The maximum atomic E-state index is 12.9. The SMILES string of the molecule is C=C(C)c1cc(C)cn2cc(-c3cc4ccc(N5CCCNCC5)cc4oc3=O)nc12. The second kappa shape index (κ2) is 7.71. The van der Waals surface area contributed by atoms with E-state index in [1.807, 2.05) is 48.8 Å². The molecule has 6 heteroatoms. The summed E-state index contributed by atoms with van der Waals surface area (Å²) in [5, 5.41) is 4.30. The molecule has 0 unspecified atom stereocenters. The minimum atomic E-state index is -0.376. The molecule has 0 atom stereocenters. The van der Waals surface area contributed by atoms with Crippen molar-refractivity contribution in [3.63, 3.8) is 0 Å². The first-order valence-corrected chi connectivity index (χ1v) is 10.7. The predicted molar refractivity (Wildman–Crippen MR) is 126 cm³/mol. The molecule has 1 N–H and O–H groups in total. The van der Waals surface area contributed by atoms with Crippen LogP contribution >= 0.6 is 0 Å². The zero-order chi connectivity index (χ0) is 21.5. The molecule has 1 aliphatic heterocycles. The lowest BCUT2D eigenvalue weighted by atomic mass is 10.1. The largest absolute Gasteiger partial charge is 0.422 e. The van der Waals surface area contributed by atoms with Crippen LogP contribution in [0.25, 0.3) is 33.4 Å². The summed E-state index contributed by atoms with van der Waals surface area (Å²) in [7, 11) is 0. The van der Waals surface area contributed by atoms with E-state index in [9.17, 15) is 4.79 Å². The molecule has 1 saturated heterocycles. The number of rotatable bonds is 3. The highest BCUT2D eigenvalue weighted by Crippen LogP contribution is 2.27. The van der Waals surface area contributed by atoms with E-state index in [-0.39, 0.29) is 5.63 Å². The Labute approximate surface area is 180 Å². The fourth-order valence-electron chi connectivity index (χ4n) is 4.26. The van der Waals surface area contributed by atoms with Crippen LogP contribution in [-0.2, 0) is 0 Å². The molecule has 6 nitrogen and oxygen atoms in total. The molecule has 1 aliphatic rings. The molecule has 0 spiro atoms. The fourth-order valence-corrected chi connectivity index (χ4v) is 4.26. The van der Waals surface area contributed by atoms with Crippen LogP contribution in [0, 0.1) is 6.92 Å². The third-order valence-electron chi connectivity index (χ3n) is 5.85. The van der Waals surface area contributed by atoms with Gasteiger partial charge in [0.2, 0.25) is 0 Å². The van der Waals surface area contributed by atoms with Crippen molar-refractivity contribution in [2.45, 2.75) is 20.3 Å². The van der Waals surface area contributed by atoms with Gasteiger partial charge in [0.1, 0.15) is 11.2 Å². The molecular weight excluding hydrogens is 388 g/mol. The Kier molecular flexibility index (Phi) is 4.87. The topological polar surface area (TPSA) is 62.8 Å². The lowest BCUT2D eigenvalue weighted by Crippen LogP contribution is -2.27. The number of hydrogen-bond donors (Lipinski definition) is 1. The molecule has 5 rings (SSSR count). The van der Waals surface area contributed by atoms with Crippen LogP contribution in [0.4, 0.5) is 5.69 Å². The van der Waals surface area contributed by atoms with Crippen LogP contribution in [0.15, 0.2) is 58.5 Å². The predicted octanol–water partition coefficient (Wildman–Crippen LogP) is 4.25. The van der Waals surface area contributed by atoms with Crippen molar-refractivity contribution in [3.8, 4) is 11.3 Å². The zero-order valence-corrected chi connectivity index (χ0v) is 17.9. The average molecular weight is 415 g/mol. The maximum Gasteiger partial charge on any atom is 0.345 e. The van der Waals surface area contributed by atoms with E-state index in [0.29, 0.717) is 16.8 Å². The highest BCUT2D eigenvalue weighted by molar-refractivity contribution is 5.85. The second-order valence-corrected chi connectivity index (χ2v) is 8.33. The Morgan fingerprint density at radius 1 is 1.16 bits per heavy atom. The van der Waals surface area contributed by atoms with Crippen LogP contribution in [0.1, 0.15) is 24.5 Å². The van der Waals surface area contributed by atoms with E-state index < -0.39 is 0 Å². The lowest BCUT2D eigenvalue weighted by molar-refractivity contribution is 0.563. The molecule has 1 fully saturated rings. The van der Waals surface area contributed by atoms with Gasteiger partial charge in [-0.15, -0.1) is 0 Å². The number of fused-ring (bicyclic) bond motifs is 2. The van der Waals surface area contributed by atoms with Gasteiger partial charge in [0, 0.05) is 54.7 Å².